The molecule has 0 aliphatic heterocycles. The third-order valence-corrected chi connectivity index (χ3v) is 7.52. The van der Waals surface area contributed by atoms with E-state index in [1.54, 1.807) is 18.2 Å². The number of rotatable bonds is 10. The van der Waals surface area contributed by atoms with Crippen LogP contribution in [-0.2, 0) is 6.42 Å². The van der Waals surface area contributed by atoms with Crippen LogP contribution >= 0.6 is 0 Å². The Bertz CT molecular complexity index is 1110. The van der Waals surface area contributed by atoms with Gasteiger partial charge < -0.3 is 0 Å². The summed E-state index contributed by atoms with van der Waals surface area (Å²) >= 11 is 0. The van der Waals surface area contributed by atoms with Gasteiger partial charge in [-0.2, -0.15) is 0 Å². The van der Waals surface area contributed by atoms with E-state index in [1.807, 2.05) is 45.1 Å². The Balaban J connectivity index is 1.60. The van der Waals surface area contributed by atoms with Crippen molar-refractivity contribution in [2.45, 2.75) is 78.6 Å². The molecule has 4 heteroatoms. The van der Waals surface area contributed by atoms with Gasteiger partial charge in [-0.25, -0.2) is 17.6 Å². The number of halogens is 4. The second-order valence-corrected chi connectivity index (χ2v) is 9.89. The highest BCUT2D eigenvalue weighted by Gasteiger charge is 2.28. The van der Waals surface area contributed by atoms with E-state index in [9.17, 15) is 17.6 Å². The number of allylic oxidation sites excluding steroid dienone is 11. The van der Waals surface area contributed by atoms with Crippen molar-refractivity contribution in [3.63, 3.8) is 0 Å². The van der Waals surface area contributed by atoms with Gasteiger partial charge in [-0.15, -0.1) is 0 Å². The second-order valence-electron chi connectivity index (χ2n) is 9.89. The molecule has 36 heavy (non-hydrogen) atoms. The second kappa shape index (κ2) is 13.1. The highest BCUT2D eigenvalue weighted by molar-refractivity contribution is 5.73. The highest BCUT2D eigenvalue weighted by atomic mass is 19.2. The van der Waals surface area contributed by atoms with Crippen LogP contribution in [0.2, 0.25) is 0 Å². The Hall–Kier alpha value is -2.62. The number of benzene rings is 1. The minimum atomic E-state index is -0.860. The lowest BCUT2D eigenvalue weighted by atomic mass is 9.80. The van der Waals surface area contributed by atoms with E-state index in [4.69, 9.17) is 0 Å². The molecule has 0 radical (unpaired) electrons. The molecular weight excluding hydrogens is 460 g/mol. The Morgan fingerprint density at radius 2 is 1.78 bits per heavy atom. The molecule has 0 N–H and O–H groups in total. The third kappa shape index (κ3) is 6.57. The fourth-order valence-electron chi connectivity index (χ4n) is 5.13. The van der Waals surface area contributed by atoms with Crippen LogP contribution in [0, 0.1) is 23.5 Å². The first-order valence-corrected chi connectivity index (χ1v) is 13.2. The molecule has 0 nitrogen and oxygen atoms in total. The maximum Gasteiger partial charge on any atom is 0.166 e. The maximum absolute atomic E-state index is 14.8. The van der Waals surface area contributed by atoms with E-state index in [0.29, 0.717) is 54.7 Å². The molecule has 1 aromatic carbocycles. The van der Waals surface area contributed by atoms with Crippen molar-refractivity contribution in [3.8, 4) is 0 Å². The summed E-state index contributed by atoms with van der Waals surface area (Å²) in [5, 5.41) is 0. The normalized spacial score (nSPS) is 21.1. The summed E-state index contributed by atoms with van der Waals surface area (Å²) in [5.74, 6) is -3.02. The minimum absolute atomic E-state index is 0.175. The SMILES string of the molecule is C=C(/C=C\C(=C/C)CC)c1ccc(CCC2CC=C(C3=CCC(CCC)C(F)=C3F)CC2)c(F)c1F. The van der Waals surface area contributed by atoms with Crippen molar-refractivity contribution in [2.24, 2.45) is 11.8 Å². The molecule has 2 aliphatic rings. The number of aryl methyl sites for hydroxylation is 1. The Morgan fingerprint density at radius 3 is 2.42 bits per heavy atom. The van der Waals surface area contributed by atoms with Crippen molar-refractivity contribution in [3.05, 3.63) is 100 Å². The van der Waals surface area contributed by atoms with Crippen LogP contribution in [-0.4, -0.2) is 0 Å². The lowest BCUT2D eigenvalue weighted by Crippen LogP contribution is -2.13. The van der Waals surface area contributed by atoms with Crippen LogP contribution in [0.25, 0.3) is 5.57 Å². The van der Waals surface area contributed by atoms with Gasteiger partial charge in [0.15, 0.2) is 17.5 Å². The fraction of sp³-hybridized carbons (Fsp3) is 0.438. The molecule has 0 spiro atoms. The van der Waals surface area contributed by atoms with Gasteiger partial charge in [-0.1, -0.05) is 74.9 Å². The van der Waals surface area contributed by atoms with Crippen molar-refractivity contribution in [1.29, 1.82) is 0 Å². The molecule has 194 valence electrons. The van der Waals surface area contributed by atoms with Crippen molar-refractivity contribution in [2.75, 3.05) is 0 Å². The van der Waals surface area contributed by atoms with Gasteiger partial charge in [-0.05, 0) is 80.9 Å². The van der Waals surface area contributed by atoms with E-state index in [1.165, 1.54) is 0 Å². The molecule has 2 aliphatic carbocycles. The molecule has 2 atom stereocenters. The minimum Gasteiger partial charge on any atom is -0.208 e. The van der Waals surface area contributed by atoms with E-state index in [-0.39, 0.29) is 11.5 Å². The van der Waals surface area contributed by atoms with E-state index in [0.717, 1.165) is 36.8 Å². The molecule has 0 saturated carbocycles. The van der Waals surface area contributed by atoms with E-state index < -0.39 is 23.3 Å². The average molecular weight is 499 g/mol. The molecule has 0 heterocycles. The Labute approximate surface area is 213 Å². The first kappa shape index (κ1) is 28.0. The molecule has 3 rings (SSSR count). The first-order chi connectivity index (χ1) is 17.3. The molecule has 0 saturated heterocycles. The summed E-state index contributed by atoms with van der Waals surface area (Å²) in [5.41, 5.74) is 3.35. The van der Waals surface area contributed by atoms with Crippen molar-refractivity contribution in [1.82, 2.24) is 0 Å². The zero-order chi connectivity index (χ0) is 26.2. The van der Waals surface area contributed by atoms with Crippen LogP contribution in [0.15, 0.2) is 77.5 Å². The van der Waals surface area contributed by atoms with Crippen molar-refractivity contribution >= 4 is 5.57 Å². The van der Waals surface area contributed by atoms with Crippen LogP contribution < -0.4 is 0 Å². The average Bonchev–Trinajstić information content (AvgIpc) is 2.89. The van der Waals surface area contributed by atoms with E-state index >= 15 is 0 Å². The number of hydrogen-bond acceptors (Lipinski definition) is 0. The smallest absolute Gasteiger partial charge is 0.166 e. The zero-order valence-electron chi connectivity index (χ0n) is 21.8. The Morgan fingerprint density at radius 1 is 1.00 bits per heavy atom. The van der Waals surface area contributed by atoms with Gasteiger partial charge in [0.25, 0.3) is 0 Å². The predicted octanol–water partition coefficient (Wildman–Crippen LogP) is 10.4. The third-order valence-electron chi connectivity index (χ3n) is 7.52. The monoisotopic (exact) mass is 498 g/mol. The lowest BCUT2D eigenvalue weighted by Gasteiger charge is -2.26. The fourth-order valence-corrected chi connectivity index (χ4v) is 5.13. The quantitative estimate of drug-likeness (QED) is 0.222. The molecule has 0 amide bonds. The van der Waals surface area contributed by atoms with Gasteiger partial charge in [0.1, 0.15) is 5.83 Å². The molecule has 0 fully saturated rings. The van der Waals surface area contributed by atoms with Gasteiger partial charge in [0, 0.05) is 17.1 Å². The summed E-state index contributed by atoms with van der Waals surface area (Å²) < 4.78 is 58.7. The predicted molar refractivity (Wildman–Crippen MR) is 143 cm³/mol. The summed E-state index contributed by atoms with van der Waals surface area (Å²) in [6.45, 7) is 9.85. The van der Waals surface area contributed by atoms with Crippen LogP contribution in [0.5, 0.6) is 0 Å². The van der Waals surface area contributed by atoms with Gasteiger partial charge in [-0.3, -0.25) is 0 Å². The lowest BCUT2D eigenvalue weighted by molar-refractivity contribution is 0.395. The molecule has 0 bridgehead atoms. The van der Waals surface area contributed by atoms with Gasteiger partial charge in [0.05, 0.1) is 0 Å². The van der Waals surface area contributed by atoms with Crippen LogP contribution in [0.1, 0.15) is 83.3 Å². The number of hydrogen-bond donors (Lipinski definition) is 0. The highest BCUT2D eigenvalue weighted by Crippen LogP contribution is 2.41. The van der Waals surface area contributed by atoms with E-state index in [2.05, 4.69) is 6.58 Å². The largest absolute Gasteiger partial charge is 0.208 e. The molecule has 1 aromatic rings. The summed E-state index contributed by atoms with van der Waals surface area (Å²) in [7, 11) is 0. The van der Waals surface area contributed by atoms with Gasteiger partial charge in [0.2, 0.25) is 0 Å². The van der Waals surface area contributed by atoms with Crippen LogP contribution in [0.4, 0.5) is 17.6 Å². The molecule has 0 aromatic heterocycles. The summed E-state index contributed by atoms with van der Waals surface area (Å²) in [6.07, 6.45) is 15.7. The van der Waals surface area contributed by atoms with Gasteiger partial charge >= 0.3 is 0 Å². The maximum atomic E-state index is 14.8. The molecular formula is C32H38F4. The zero-order valence-corrected chi connectivity index (χ0v) is 21.8. The van der Waals surface area contributed by atoms with Crippen molar-refractivity contribution < 1.29 is 17.6 Å². The Kier molecular flexibility index (Phi) is 10.2. The topological polar surface area (TPSA) is 0 Å². The summed E-state index contributed by atoms with van der Waals surface area (Å²) in [6, 6.07) is 3.25. The first-order valence-electron chi connectivity index (χ1n) is 13.2. The summed E-state index contributed by atoms with van der Waals surface area (Å²) in [4.78, 5) is 0. The molecule has 2 unspecified atom stereocenters. The standard InChI is InChI=1S/C32H38F4/c1-5-8-25-18-20-28(32(36)29(25)33)24-14-11-23(12-15-24)13-16-26-17-19-27(31(35)30(26)34)21(4)9-10-22(6-2)7-3/h6,9-10,14,17,19-20,23,25H,4-5,7-8,11-13,15-16,18H2,1-3H3/b10-9-,22-6-. The van der Waals surface area contributed by atoms with Crippen LogP contribution in [0.3, 0.4) is 0 Å².